The number of hydrogen-bond donors (Lipinski definition) is 2. The molecule has 0 heterocycles. The topological polar surface area (TPSA) is 127 Å². The van der Waals surface area contributed by atoms with Crippen LogP contribution >= 0.6 is 0 Å². The third-order valence-corrected chi connectivity index (χ3v) is 8.39. The van der Waals surface area contributed by atoms with Crippen LogP contribution in [-0.2, 0) is 28.7 Å². The molecule has 2 N–H and O–H groups in total. The Morgan fingerprint density at radius 3 is 1.69 bits per heavy atom. The molecule has 0 saturated carbocycles. The van der Waals surface area contributed by atoms with E-state index in [4.69, 9.17) is 14.9 Å². The molecule has 0 aliphatic rings. The SMILES string of the molecule is CC(CCC(=O)O)(CC[Si](C)(C)C)C(=O)O.COC(=O)CCCC(=O)OCC[Si](C)(C)C. The highest BCUT2D eigenvalue weighted by Gasteiger charge is 2.34. The van der Waals surface area contributed by atoms with E-state index < -0.39 is 33.5 Å². The van der Waals surface area contributed by atoms with Crippen molar-refractivity contribution in [3.63, 3.8) is 0 Å². The first-order valence-corrected chi connectivity index (χ1v) is 18.5. The summed E-state index contributed by atoms with van der Waals surface area (Å²) in [6.07, 6.45) is 1.78. The minimum atomic E-state index is -1.28. The first-order chi connectivity index (χ1) is 14.4. The largest absolute Gasteiger partial charge is 0.481 e. The lowest BCUT2D eigenvalue weighted by Gasteiger charge is -2.27. The van der Waals surface area contributed by atoms with Gasteiger partial charge in [-0.05, 0) is 32.2 Å². The molecular weight excluding hydrogens is 448 g/mol. The average Bonchev–Trinajstić information content (AvgIpc) is 2.63. The number of carboxylic acids is 2. The summed E-state index contributed by atoms with van der Waals surface area (Å²) in [5.41, 5.74) is -0.890. The Kier molecular flexibility index (Phi) is 15.4. The lowest BCUT2D eigenvalue weighted by Crippen LogP contribution is -2.32. The Labute approximate surface area is 195 Å². The van der Waals surface area contributed by atoms with E-state index in [-0.39, 0.29) is 31.2 Å². The molecule has 1 unspecified atom stereocenters. The highest BCUT2D eigenvalue weighted by Crippen LogP contribution is 2.32. The monoisotopic (exact) mass is 492 g/mol. The van der Waals surface area contributed by atoms with Crippen LogP contribution in [0.4, 0.5) is 0 Å². The quantitative estimate of drug-likeness (QED) is 0.259. The minimum Gasteiger partial charge on any atom is -0.481 e. The Morgan fingerprint density at radius 1 is 0.781 bits per heavy atom. The lowest BCUT2D eigenvalue weighted by molar-refractivity contribution is -0.149. The van der Waals surface area contributed by atoms with Crippen LogP contribution in [0.3, 0.4) is 0 Å². The van der Waals surface area contributed by atoms with Gasteiger partial charge < -0.3 is 19.7 Å². The number of aliphatic carboxylic acids is 2. The van der Waals surface area contributed by atoms with Crippen molar-refractivity contribution in [3.8, 4) is 0 Å². The Hall–Kier alpha value is -1.69. The first kappa shape index (κ1) is 32.5. The number of methoxy groups -OCH3 is 1. The summed E-state index contributed by atoms with van der Waals surface area (Å²) in [4.78, 5) is 43.7. The zero-order valence-electron chi connectivity index (χ0n) is 21.2. The molecule has 0 aliphatic heterocycles. The highest BCUT2D eigenvalue weighted by molar-refractivity contribution is 6.76. The van der Waals surface area contributed by atoms with Gasteiger partial charge in [0.1, 0.15) is 0 Å². The van der Waals surface area contributed by atoms with Crippen molar-refractivity contribution < 1.29 is 38.9 Å². The van der Waals surface area contributed by atoms with Gasteiger partial charge in [0.15, 0.2) is 0 Å². The molecule has 0 aliphatic carbocycles. The maximum absolute atomic E-state index is 11.2. The van der Waals surface area contributed by atoms with Crippen molar-refractivity contribution in [2.45, 2.75) is 96.8 Å². The molecule has 1 atom stereocenters. The molecule has 0 aromatic heterocycles. The maximum atomic E-state index is 11.2. The third kappa shape index (κ3) is 20.2. The highest BCUT2D eigenvalue weighted by atomic mass is 28.3. The van der Waals surface area contributed by atoms with Crippen LogP contribution in [0.25, 0.3) is 0 Å². The Balaban J connectivity index is 0. The van der Waals surface area contributed by atoms with E-state index in [1.54, 1.807) is 6.92 Å². The van der Waals surface area contributed by atoms with E-state index in [0.29, 0.717) is 25.9 Å². The van der Waals surface area contributed by atoms with Crippen LogP contribution in [0.2, 0.25) is 51.4 Å². The smallest absolute Gasteiger partial charge is 0.309 e. The molecule has 188 valence electrons. The summed E-state index contributed by atoms with van der Waals surface area (Å²) < 4.78 is 9.55. The van der Waals surface area contributed by atoms with Crippen LogP contribution in [0.1, 0.15) is 45.4 Å². The molecule has 0 fully saturated rings. The van der Waals surface area contributed by atoms with Gasteiger partial charge >= 0.3 is 23.9 Å². The van der Waals surface area contributed by atoms with Gasteiger partial charge in [-0.15, -0.1) is 0 Å². The van der Waals surface area contributed by atoms with E-state index in [0.717, 1.165) is 12.1 Å². The van der Waals surface area contributed by atoms with Crippen LogP contribution in [0.15, 0.2) is 0 Å². The van der Waals surface area contributed by atoms with Crippen LogP contribution in [0, 0.1) is 5.41 Å². The lowest BCUT2D eigenvalue weighted by atomic mass is 9.83. The molecule has 8 nitrogen and oxygen atoms in total. The van der Waals surface area contributed by atoms with Gasteiger partial charge in [0.05, 0.1) is 19.1 Å². The molecule has 10 heteroatoms. The van der Waals surface area contributed by atoms with E-state index >= 15 is 0 Å². The van der Waals surface area contributed by atoms with Gasteiger partial charge in [0, 0.05) is 35.4 Å². The fraction of sp³-hybridized carbons (Fsp3) is 0.818. The standard InChI is InChI=1S/2C11H22O4Si/c1-11(10(14)15,6-5-9(12)13)7-8-16(2,3)4;1-14-10(12)6-5-7-11(13)15-8-9-16(2,3)4/h5-8H2,1-4H3,(H,12,13)(H,14,15);5-9H2,1-4H3. The predicted molar refractivity (Wildman–Crippen MR) is 130 cm³/mol. The molecule has 0 radical (unpaired) electrons. The number of carbonyl (C=O) groups excluding carboxylic acids is 2. The maximum Gasteiger partial charge on any atom is 0.309 e. The molecular formula is C22H44O8Si2. The Morgan fingerprint density at radius 2 is 1.28 bits per heavy atom. The van der Waals surface area contributed by atoms with Gasteiger partial charge in [-0.2, -0.15) is 0 Å². The molecule has 0 rings (SSSR count). The number of ether oxygens (including phenoxy) is 2. The average molecular weight is 493 g/mol. The van der Waals surface area contributed by atoms with Crippen LogP contribution < -0.4 is 0 Å². The van der Waals surface area contributed by atoms with Crippen molar-refractivity contribution in [3.05, 3.63) is 0 Å². The number of carboxylic acid groups (broad SMARTS) is 2. The van der Waals surface area contributed by atoms with Crippen LogP contribution in [-0.4, -0.2) is 64.0 Å². The van der Waals surface area contributed by atoms with Gasteiger partial charge in [0.2, 0.25) is 0 Å². The van der Waals surface area contributed by atoms with Crippen LogP contribution in [0.5, 0.6) is 0 Å². The molecule has 0 spiro atoms. The van der Waals surface area contributed by atoms with Crippen molar-refractivity contribution in [2.75, 3.05) is 13.7 Å². The van der Waals surface area contributed by atoms with E-state index in [1.807, 2.05) is 0 Å². The van der Waals surface area contributed by atoms with Gasteiger partial charge in [0.25, 0.3) is 0 Å². The molecule has 0 saturated heterocycles. The van der Waals surface area contributed by atoms with Crippen molar-refractivity contribution in [2.24, 2.45) is 5.41 Å². The minimum absolute atomic E-state index is 0.0749. The number of hydrogen-bond acceptors (Lipinski definition) is 6. The molecule has 0 aromatic carbocycles. The fourth-order valence-corrected chi connectivity index (χ4v) is 4.41. The summed E-state index contributed by atoms with van der Waals surface area (Å²) in [6, 6.07) is 1.89. The summed E-state index contributed by atoms with van der Waals surface area (Å²) >= 11 is 0. The summed E-state index contributed by atoms with van der Waals surface area (Å²) in [5, 5.41) is 17.8. The van der Waals surface area contributed by atoms with E-state index in [2.05, 4.69) is 44.0 Å². The zero-order chi connectivity index (χ0) is 25.6. The first-order valence-electron chi connectivity index (χ1n) is 11.1. The van der Waals surface area contributed by atoms with E-state index in [9.17, 15) is 19.2 Å². The predicted octanol–water partition coefficient (Wildman–Crippen LogP) is 4.88. The van der Waals surface area contributed by atoms with Gasteiger partial charge in [-0.1, -0.05) is 45.3 Å². The van der Waals surface area contributed by atoms with Gasteiger partial charge in [-0.25, -0.2) is 0 Å². The summed E-state index contributed by atoms with van der Waals surface area (Å²) in [5.74, 6) is -2.32. The second kappa shape index (κ2) is 15.2. The van der Waals surface area contributed by atoms with Crippen molar-refractivity contribution in [1.82, 2.24) is 0 Å². The normalized spacial score (nSPS) is 13.2. The summed E-state index contributed by atoms with van der Waals surface area (Å²) in [6.45, 7) is 15.4. The summed E-state index contributed by atoms with van der Waals surface area (Å²) in [7, 11) is -1.07. The number of carbonyl (C=O) groups is 4. The zero-order valence-corrected chi connectivity index (χ0v) is 23.2. The number of rotatable bonds is 14. The third-order valence-electron chi connectivity index (χ3n) is 4.94. The van der Waals surface area contributed by atoms with Gasteiger partial charge in [-0.3, -0.25) is 19.2 Å². The molecule has 32 heavy (non-hydrogen) atoms. The molecule has 0 bridgehead atoms. The Bertz CT molecular complexity index is 608. The fourth-order valence-electron chi connectivity index (χ4n) is 2.39. The second-order valence-electron chi connectivity index (χ2n) is 10.8. The number of esters is 2. The van der Waals surface area contributed by atoms with Crippen molar-refractivity contribution >= 4 is 40.0 Å². The van der Waals surface area contributed by atoms with Crippen molar-refractivity contribution in [1.29, 1.82) is 0 Å². The molecule has 0 aromatic rings. The second-order valence-corrected chi connectivity index (χ2v) is 22.0. The molecule has 0 amide bonds. The van der Waals surface area contributed by atoms with E-state index in [1.165, 1.54) is 7.11 Å².